The highest BCUT2D eigenvalue weighted by Crippen LogP contribution is 2.35. The molecule has 1 N–H and O–H groups in total. The number of benzene rings is 2. The summed E-state index contributed by atoms with van der Waals surface area (Å²) in [4.78, 5) is 26.1. The van der Waals surface area contributed by atoms with E-state index in [9.17, 15) is 9.59 Å². The van der Waals surface area contributed by atoms with Gasteiger partial charge in [0.2, 0.25) is 0 Å². The third-order valence-corrected chi connectivity index (χ3v) is 4.81. The van der Waals surface area contributed by atoms with Crippen LogP contribution in [0.15, 0.2) is 42.5 Å². The van der Waals surface area contributed by atoms with Crippen LogP contribution in [0.25, 0.3) is 0 Å². The largest absolute Gasteiger partial charge is 0.483 e. The van der Waals surface area contributed by atoms with E-state index in [1.54, 1.807) is 38.4 Å². The summed E-state index contributed by atoms with van der Waals surface area (Å²) < 4.78 is 5.89. The minimum absolute atomic E-state index is 0.0327. The second kappa shape index (κ2) is 8.90. The van der Waals surface area contributed by atoms with Gasteiger partial charge in [-0.2, -0.15) is 0 Å². The van der Waals surface area contributed by atoms with Gasteiger partial charge >= 0.3 is 0 Å². The number of carbonyl (C=O) groups excluding carboxylic acids is 2. The molecule has 0 aliphatic carbocycles. The number of amides is 2. The van der Waals surface area contributed by atoms with E-state index in [1.807, 2.05) is 6.07 Å². The molecule has 0 saturated heterocycles. The number of rotatable bonds is 5. The van der Waals surface area contributed by atoms with Crippen LogP contribution in [0, 0.1) is 0 Å². The molecule has 0 unspecified atom stereocenters. The average molecular weight is 411 g/mol. The lowest BCUT2D eigenvalue weighted by Gasteiger charge is -2.27. The molecule has 2 aromatic carbocycles. The van der Waals surface area contributed by atoms with E-state index in [0.717, 1.165) is 5.56 Å². The van der Waals surface area contributed by atoms with Gasteiger partial charge in [-0.3, -0.25) is 9.59 Å². The van der Waals surface area contributed by atoms with Crippen LogP contribution in [-0.2, 0) is 15.6 Å². The first-order valence-electron chi connectivity index (χ1n) is 10.2. The van der Waals surface area contributed by atoms with Gasteiger partial charge in [0.25, 0.3) is 11.8 Å². The summed E-state index contributed by atoms with van der Waals surface area (Å²) in [7, 11) is 3.39. The van der Waals surface area contributed by atoms with Crippen molar-refractivity contribution in [2.75, 3.05) is 26.0 Å². The maximum Gasteiger partial charge on any atom is 0.262 e. The lowest BCUT2D eigenvalue weighted by atomic mass is 9.80. The zero-order chi connectivity index (χ0) is 22.7. The predicted octanol–water partition coefficient (Wildman–Crippen LogP) is 5.00. The fraction of sp³-hybridized carbons (Fsp3) is 0.440. The Bertz CT molecular complexity index is 919. The van der Waals surface area contributed by atoms with Gasteiger partial charge in [0.05, 0.1) is 0 Å². The molecule has 0 saturated carbocycles. The zero-order valence-corrected chi connectivity index (χ0v) is 19.4. The molecule has 30 heavy (non-hydrogen) atoms. The van der Waals surface area contributed by atoms with Gasteiger partial charge in [0, 0.05) is 25.3 Å². The standard InChI is InChI=1S/C25H34N2O3/c1-24(2,3)18-12-13-21(20(15-18)25(4,5)6)30-16-22(28)26-19-11-9-10-17(14-19)23(29)27(7)8/h9-15H,16H2,1-8H3,(H,26,28). The summed E-state index contributed by atoms with van der Waals surface area (Å²) in [5, 5.41) is 2.81. The molecule has 0 radical (unpaired) electrons. The Morgan fingerprint density at radius 3 is 2.17 bits per heavy atom. The van der Waals surface area contributed by atoms with E-state index in [-0.39, 0.29) is 29.3 Å². The Kier molecular flexibility index (Phi) is 6.96. The summed E-state index contributed by atoms with van der Waals surface area (Å²) >= 11 is 0. The van der Waals surface area contributed by atoms with Gasteiger partial charge < -0.3 is 15.0 Å². The quantitative estimate of drug-likeness (QED) is 0.754. The average Bonchev–Trinajstić information content (AvgIpc) is 2.64. The minimum atomic E-state index is -0.274. The van der Waals surface area contributed by atoms with Crippen molar-refractivity contribution in [2.24, 2.45) is 0 Å². The number of anilines is 1. The molecule has 5 heteroatoms. The van der Waals surface area contributed by atoms with Crippen LogP contribution in [-0.4, -0.2) is 37.4 Å². The number of hydrogen-bond acceptors (Lipinski definition) is 3. The maximum absolute atomic E-state index is 12.5. The van der Waals surface area contributed by atoms with Gasteiger partial charge in [-0.05, 0) is 46.2 Å². The van der Waals surface area contributed by atoms with Crippen molar-refractivity contribution in [2.45, 2.75) is 52.4 Å². The van der Waals surface area contributed by atoms with Crippen molar-refractivity contribution >= 4 is 17.5 Å². The minimum Gasteiger partial charge on any atom is -0.483 e. The first-order valence-corrected chi connectivity index (χ1v) is 10.2. The maximum atomic E-state index is 12.5. The van der Waals surface area contributed by atoms with Crippen molar-refractivity contribution < 1.29 is 14.3 Å². The fourth-order valence-electron chi connectivity index (χ4n) is 3.04. The lowest BCUT2D eigenvalue weighted by Crippen LogP contribution is -2.24. The van der Waals surface area contributed by atoms with Crippen LogP contribution in [0.3, 0.4) is 0 Å². The summed E-state index contributed by atoms with van der Waals surface area (Å²) in [6, 6.07) is 13.1. The molecule has 0 atom stereocenters. The van der Waals surface area contributed by atoms with Crippen LogP contribution in [0.2, 0.25) is 0 Å². The van der Waals surface area contributed by atoms with E-state index in [2.05, 4.69) is 59.0 Å². The Hall–Kier alpha value is -2.82. The van der Waals surface area contributed by atoms with Crippen LogP contribution in [0.4, 0.5) is 5.69 Å². The van der Waals surface area contributed by atoms with E-state index in [0.29, 0.717) is 17.0 Å². The predicted molar refractivity (Wildman–Crippen MR) is 122 cm³/mol. The topological polar surface area (TPSA) is 58.6 Å². The Morgan fingerprint density at radius 2 is 1.60 bits per heavy atom. The van der Waals surface area contributed by atoms with Crippen LogP contribution in [0.5, 0.6) is 5.75 Å². The Morgan fingerprint density at radius 1 is 0.933 bits per heavy atom. The molecule has 0 aromatic heterocycles. The molecule has 0 heterocycles. The highest BCUT2D eigenvalue weighted by Gasteiger charge is 2.23. The van der Waals surface area contributed by atoms with E-state index >= 15 is 0 Å². The molecule has 0 bridgehead atoms. The fourth-order valence-corrected chi connectivity index (χ4v) is 3.04. The van der Waals surface area contributed by atoms with Crippen molar-refractivity contribution in [1.82, 2.24) is 4.90 Å². The SMILES string of the molecule is CN(C)C(=O)c1cccc(NC(=O)COc2ccc(C(C)(C)C)cc2C(C)(C)C)c1. The summed E-state index contributed by atoms with van der Waals surface area (Å²) in [6.45, 7) is 12.8. The summed E-state index contributed by atoms with van der Waals surface area (Å²) in [5.41, 5.74) is 3.30. The molecule has 0 aliphatic heterocycles. The highest BCUT2D eigenvalue weighted by atomic mass is 16.5. The molecule has 0 fully saturated rings. The van der Waals surface area contributed by atoms with E-state index in [4.69, 9.17) is 4.74 Å². The van der Waals surface area contributed by atoms with Gasteiger partial charge in [-0.1, -0.05) is 59.7 Å². The summed E-state index contributed by atoms with van der Waals surface area (Å²) in [6.07, 6.45) is 0. The number of ether oxygens (including phenoxy) is 1. The van der Waals surface area contributed by atoms with Crippen molar-refractivity contribution in [3.63, 3.8) is 0 Å². The molecule has 5 nitrogen and oxygen atoms in total. The monoisotopic (exact) mass is 410 g/mol. The number of carbonyl (C=O) groups is 2. The van der Waals surface area contributed by atoms with E-state index in [1.165, 1.54) is 10.5 Å². The number of hydrogen-bond donors (Lipinski definition) is 1. The highest BCUT2D eigenvalue weighted by molar-refractivity contribution is 5.97. The Balaban J connectivity index is 2.13. The van der Waals surface area contributed by atoms with Crippen LogP contribution in [0.1, 0.15) is 63.0 Å². The number of nitrogens with zero attached hydrogens (tertiary/aromatic N) is 1. The second-order valence-corrected chi connectivity index (χ2v) is 9.83. The normalized spacial score (nSPS) is 11.7. The van der Waals surface area contributed by atoms with Crippen LogP contribution < -0.4 is 10.1 Å². The first kappa shape index (κ1) is 23.5. The van der Waals surface area contributed by atoms with Crippen molar-refractivity contribution in [1.29, 1.82) is 0 Å². The molecule has 0 spiro atoms. The van der Waals surface area contributed by atoms with Gasteiger partial charge in [-0.25, -0.2) is 0 Å². The van der Waals surface area contributed by atoms with Crippen molar-refractivity contribution in [3.05, 3.63) is 59.2 Å². The zero-order valence-electron chi connectivity index (χ0n) is 19.4. The molecular formula is C25H34N2O3. The van der Waals surface area contributed by atoms with Gasteiger partial charge in [0.1, 0.15) is 5.75 Å². The molecule has 2 aromatic rings. The molecule has 2 amide bonds. The first-order chi connectivity index (χ1) is 13.8. The van der Waals surface area contributed by atoms with Gasteiger partial charge in [0.15, 0.2) is 6.61 Å². The molecule has 2 rings (SSSR count). The van der Waals surface area contributed by atoms with Crippen molar-refractivity contribution in [3.8, 4) is 5.75 Å². The third kappa shape index (κ3) is 6.09. The van der Waals surface area contributed by atoms with E-state index < -0.39 is 0 Å². The molecule has 162 valence electrons. The lowest BCUT2D eigenvalue weighted by molar-refractivity contribution is -0.118. The van der Waals surface area contributed by atoms with Crippen LogP contribution >= 0.6 is 0 Å². The second-order valence-electron chi connectivity index (χ2n) is 9.83. The molecular weight excluding hydrogens is 376 g/mol. The summed E-state index contributed by atoms with van der Waals surface area (Å²) in [5.74, 6) is 0.322. The smallest absolute Gasteiger partial charge is 0.262 e. The number of nitrogens with one attached hydrogen (secondary N) is 1. The third-order valence-electron chi connectivity index (χ3n) is 4.81. The molecule has 0 aliphatic rings. The van der Waals surface area contributed by atoms with Gasteiger partial charge in [-0.15, -0.1) is 0 Å². The Labute approximate surface area is 180 Å².